The molecule has 3 N–H and O–H groups in total. The van der Waals surface area contributed by atoms with Crippen molar-refractivity contribution in [1.82, 2.24) is 16.0 Å². The number of amides is 1. The van der Waals surface area contributed by atoms with E-state index in [-0.39, 0.29) is 0 Å². The van der Waals surface area contributed by atoms with Crippen LogP contribution >= 0.6 is 0 Å². The van der Waals surface area contributed by atoms with Crippen LogP contribution in [0.2, 0.25) is 0 Å². The van der Waals surface area contributed by atoms with Gasteiger partial charge in [0.1, 0.15) is 5.60 Å². The van der Waals surface area contributed by atoms with Crippen LogP contribution in [0.5, 0.6) is 0 Å². The lowest BCUT2D eigenvalue weighted by molar-refractivity contribution is 0.0452. The molecular weight excluding hydrogens is 356 g/mol. The molecule has 0 bridgehead atoms. The van der Waals surface area contributed by atoms with Crippen LogP contribution in [0.4, 0.5) is 4.79 Å². The fourth-order valence-electron chi connectivity index (χ4n) is 2.92. The normalized spacial score (nSPS) is 15.6. The smallest absolute Gasteiger partial charge is 0.408 e. The molecular formula is C21H40N4O3. The number of aliphatic imine (C=N–C) groups is 1. The van der Waals surface area contributed by atoms with Gasteiger partial charge in [-0.2, -0.15) is 0 Å². The molecule has 7 nitrogen and oxygen atoms in total. The van der Waals surface area contributed by atoms with Crippen LogP contribution in [-0.4, -0.2) is 56.0 Å². The van der Waals surface area contributed by atoms with Crippen LogP contribution in [0.3, 0.4) is 0 Å². The Kier molecular flexibility index (Phi) is 10.4. The van der Waals surface area contributed by atoms with Gasteiger partial charge in [-0.15, -0.1) is 0 Å². The van der Waals surface area contributed by atoms with Gasteiger partial charge in [0.05, 0.1) is 25.3 Å². The third-order valence-corrected chi connectivity index (χ3v) is 4.80. The minimum atomic E-state index is -0.518. The third kappa shape index (κ3) is 9.44. The first kappa shape index (κ1) is 24.3. The van der Waals surface area contributed by atoms with Crippen LogP contribution in [0.15, 0.2) is 16.6 Å². The maximum Gasteiger partial charge on any atom is 0.408 e. The molecule has 0 spiro atoms. The molecule has 1 amide bonds. The average molecular weight is 397 g/mol. The number of hydrogen-bond acceptors (Lipinski definition) is 4. The van der Waals surface area contributed by atoms with E-state index in [1.54, 1.807) is 0 Å². The molecule has 162 valence electrons. The Balaban J connectivity index is 2.67. The van der Waals surface area contributed by atoms with Gasteiger partial charge >= 0.3 is 6.09 Å². The van der Waals surface area contributed by atoms with E-state index in [9.17, 15) is 4.79 Å². The summed E-state index contributed by atoms with van der Waals surface area (Å²) in [6, 6.07) is 0. The van der Waals surface area contributed by atoms with Crippen LogP contribution in [0.25, 0.3) is 0 Å². The van der Waals surface area contributed by atoms with E-state index in [1.165, 1.54) is 5.57 Å². The largest absolute Gasteiger partial charge is 0.444 e. The Hall–Kier alpha value is -1.76. The van der Waals surface area contributed by atoms with Crippen molar-refractivity contribution in [1.29, 1.82) is 0 Å². The monoisotopic (exact) mass is 396 g/mol. The molecule has 7 heteroatoms. The highest BCUT2D eigenvalue weighted by Crippen LogP contribution is 2.18. The molecule has 1 heterocycles. The molecule has 0 atom stereocenters. The van der Waals surface area contributed by atoms with E-state index in [0.717, 1.165) is 57.9 Å². The molecule has 0 aromatic heterocycles. The van der Waals surface area contributed by atoms with Crippen molar-refractivity contribution in [2.75, 3.05) is 32.8 Å². The van der Waals surface area contributed by atoms with Crippen LogP contribution in [0, 0.1) is 0 Å². The first-order chi connectivity index (χ1) is 13.2. The second-order valence-corrected chi connectivity index (χ2v) is 8.17. The highest BCUT2D eigenvalue weighted by atomic mass is 16.6. The van der Waals surface area contributed by atoms with E-state index >= 15 is 0 Å². The summed E-state index contributed by atoms with van der Waals surface area (Å²) in [5.41, 5.74) is 0.488. The van der Waals surface area contributed by atoms with Crippen LogP contribution in [0.1, 0.15) is 67.2 Å². The second-order valence-electron chi connectivity index (χ2n) is 8.17. The molecule has 1 aliphatic heterocycles. The Labute approximate surface area is 170 Å². The first-order valence-corrected chi connectivity index (χ1v) is 10.5. The third-order valence-electron chi connectivity index (χ3n) is 4.80. The fraction of sp³-hybridized carbons (Fsp3) is 0.810. The summed E-state index contributed by atoms with van der Waals surface area (Å²) in [7, 11) is 0. The molecule has 0 radical (unpaired) electrons. The number of guanidine groups is 1. The molecule has 0 saturated carbocycles. The van der Waals surface area contributed by atoms with E-state index < -0.39 is 17.2 Å². The SMILES string of the molecule is CCNC(=NCC(CC)(CC)NC(=O)OC(C)(C)C)NCCC1=CCOCC1. The molecule has 0 aliphatic carbocycles. The summed E-state index contributed by atoms with van der Waals surface area (Å²) in [5.74, 6) is 0.771. The van der Waals surface area contributed by atoms with Gasteiger partial charge in [0.15, 0.2) is 5.96 Å². The Morgan fingerprint density at radius 3 is 2.46 bits per heavy atom. The van der Waals surface area contributed by atoms with E-state index in [4.69, 9.17) is 14.5 Å². The van der Waals surface area contributed by atoms with Gasteiger partial charge in [-0.25, -0.2) is 4.79 Å². The lowest BCUT2D eigenvalue weighted by Gasteiger charge is -2.32. The summed E-state index contributed by atoms with van der Waals surface area (Å²) < 4.78 is 10.8. The van der Waals surface area contributed by atoms with Gasteiger partial charge in [-0.05, 0) is 53.4 Å². The number of nitrogens with one attached hydrogen (secondary N) is 3. The number of ether oxygens (including phenoxy) is 2. The Morgan fingerprint density at radius 2 is 1.93 bits per heavy atom. The fourth-order valence-corrected chi connectivity index (χ4v) is 2.92. The van der Waals surface area contributed by atoms with Gasteiger partial charge in [-0.1, -0.05) is 25.5 Å². The maximum absolute atomic E-state index is 12.3. The summed E-state index contributed by atoms with van der Waals surface area (Å²) >= 11 is 0. The van der Waals surface area contributed by atoms with Crippen molar-refractivity contribution < 1.29 is 14.3 Å². The van der Waals surface area contributed by atoms with Crippen molar-refractivity contribution in [3.63, 3.8) is 0 Å². The van der Waals surface area contributed by atoms with Gasteiger partial charge in [0.2, 0.25) is 0 Å². The Bertz CT molecular complexity index is 534. The zero-order valence-electron chi connectivity index (χ0n) is 18.6. The number of alkyl carbamates (subject to hydrolysis) is 1. The van der Waals surface area contributed by atoms with Crippen molar-refractivity contribution in [3.8, 4) is 0 Å². The molecule has 0 aromatic rings. The number of hydrogen-bond donors (Lipinski definition) is 3. The summed E-state index contributed by atoms with van der Waals surface area (Å²) in [6.45, 7) is 15.4. The van der Waals surface area contributed by atoms with Crippen LogP contribution < -0.4 is 16.0 Å². The molecule has 1 rings (SSSR count). The summed E-state index contributed by atoms with van der Waals surface area (Å²) in [4.78, 5) is 17.0. The van der Waals surface area contributed by atoms with Crippen molar-refractivity contribution in [2.24, 2.45) is 4.99 Å². The van der Waals surface area contributed by atoms with Gasteiger partial charge in [-0.3, -0.25) is 4.99 Å². The number of nitrogens with zero attached hydrogens (tertiary/aromatic N) is 1. The lowest BCUT2D eigenvalue weighted by Crippen LogP contribution is -2.52. The zero-order valence-corrected chi connectivity index (χ0v) is 18.6. The van der Waals surface area contributed by atoms with E-state index in [1.807, 2.05) is 27.7 Å². The molecule has 28 heavy (non-hydrogen) atoms. The number of carbonyl (C=O) groups is 1. The zero-order chi connectivity index (χ0) is 21.0. The van der Waals surface area contributed by atoms with E-state index in [0.29, 0.717) is 6.54 Å². The lowest BCUT2D eigenvalue weighted by atomic mass is 9.93. The summed E-state index contributed by atoms with van der Waals surface area (Å²) in [5, 5.41) is 9.72. The average Bonchev–Trinajstić information content (AvgIpc) is 2.64. The number of carbonyl (C=O) groups excluding carboxylic acids is 1. The second kappa shape index (κ2) is 11.9. The maximum atomic E-state index is 12.3. The predicted octanol–water partition coefficient (Wildman–Crippen LogP) is 3.36. The van der Waals surface area contributed by atoms with Gasteiger partial charge < -0.3 is 25.4 Å². The molecule has 0 unspecified atom stereocenters. The highest BCUT2D eigenvalue weighted by Gasteiger charge is 2.30. The standard InChI is InChI=1S/C21H40N4O3/c1-7-21(8-2,25-19(26)28-20(4,5)6)16-24-18(22-9-3)23-13-10-17-11-14-27-15-12-17/h11H,7-10,12-16H2,1-6H3,(H,25,26)(H2,22,23,24). The van der Waals surface area contributed by atoms with Crippen molar-refractivity contribution >= 4 is 12.1 Å². The number of rotatable bonds is 9. The topological polar surface area (TPSA) is 84.0 Å². The molecule has 1 aliphatic rings. The van der Waals surface area contributed by atoms with E-state index in [2.05, 4.69) is 35.9 Å². The predicted molar refractivity (Wildman–Crippen MR) is 115 cm³/mol. The Morgan fingerprint density at radius 1 is 1.21 bits per heavy atom. The molecule has 0 saturated heterocycles. The van der Waals surface area contributed by atoms with Crippen molar-refractivity contribution in [3.05, 3.63) is 11.6 Å². The van der Waals surface area contributed by atoms with Crippen LogP contribution in [-0.2, 0) is 9.47 Å². The van der Waals surface area contributed by atoms with Gasteiger partial charge in [0, 0.05) is 13.1 Å². The molecule has 0 fully saturated rings. The first-order valence-electron chi connectivity index (χ1n) is 10.5. The van der Waals surface area contributed by atoms with Gasteiger partial charge in [0.25, 0.3) is 0 Å². The summed E-state index contributed by atoms with van der Waals surface area (Å²) in [6.07, 6.45) is 5.31. The quantitative estimate of drug-likeness (QED) is 0.316. The minimum absolute atomic E-state index is 0.393. The van der Waals surface area contributed by atoms with Crippen molar-refractivity contribution in [2.45, 2.75) is 78.4 Å². The minimum Gasteiger partial charge on any atom is -0.444 e. The highest BCUT2D eigenvalue weighted by molar-refractivity contribution is 5.79. The molecule has 0 aromatic carbocycles.